The van der Waals surface area contributed by atoms with Gasteiger partial charge in [0.05, 0.1) is 0 Å². The summed E-state index contributed by atoms with van der Waals surface area (Å²) in [4.78, 5) is 0. The number of fused-ring (bicyclic) bond motifs is 1. The SMILES string of the molecule is CCCCCCCCCCCCCC[CH]CCC(CCCCCCCCC)c1cccc2c1C2CCC. The lowest BCUT2D eigenvalue weighted by molar-refractivity contribution is 0.505. The molecule has 0 spiro atoms. The highest BCUT2D eigenvalue weighted by atomic mass is 14.4. The van der Waals surface area contributed by atoms with Crippen molar-refractivity contribution in [2.75, 3.05) is 0 Å². The average molecular weight is 510 g/mol. The molecular formula is C37H65. The molecule has 0 saturated heterocycles. The summed E-state index contributed by atoms with van der Waals surface area (Å²) in [7, 11) is 0. The quantitative estimate of drug-likeness (QED) is 0.103. The minimum Gasteiger partial charge on any atom is -0.0654 e. The van der Waals surface area contributed by atoms with Crippen LogP contribution in [0.5, 0.6) is 0 Å². The van der Waals surface area contributed by atoms with Crippen LogP contribution in [0, 0.1) is 6.42 Å². The normalized spacial score (nSPS) is 15.2. The van der Waals surface area contributed by atoms with E-state index < -0.39 is 0 Å². The molecular weight excluding hydrogens is 444 g/mol. The summed E-state index contributed by atoms with van der Waals surface area (Å²) in [6.45, 7) is 6.97. The summed E-state index contributed by atoms with van der Waals surface area (Å²) in [6, 6.07) is 7.26. The Morgan fingerprint density at radius 3 is 1.68 bits per heavy atom. The second-order valence-electron chi connectivity index (χ2n) is 12.3. The molecule has 1 aliphatic carbocycles. The number of hydrogen-bond acceptors (Lipinski definition) is 0. The predicted molar refractivity (Wildman–Crippen MR) is 168 cm³/mol. The molecule has 1 radical (unpaired) electrons. The van der Waals surface area contributed by atoms with Crippen LogP contribution >= 0.6 is 0 Å². The molecule has 0 bridgehead atoms. The summed E-state index contributed by atoms with van der Waals surface area (Å²) in [5.41, 5.74) is 5.18. The molecule has 0 N–H and O–H groups in total. The van der Waals surface area contributed by atoms with Crippen molar-refractivity contribution in [3.8, 4) is 0 Å². The lowest BCUT2D eigenvalue weighted by Gasteiger charge is -2.18. The fourth-order valence-electron chi connectivity index (χ4n) is 6.55. The first-order valence-corrected chi connectivity index (χ1v) is 17.3. The van der Waals surface area contributed by atoms with Crippen molar-refractivity contribution in [2.24, 2.45) is 0 Å². The molecule has 0 nitrogen and oxygen atoms in total. The van der Waals surface area contributed by atoms with Crippen molar-refractivity contribution in [3.05, 3.63) is 41.3 Å². The Balaban J connectivity index is 1.58. The lowest BCUT2D eigenvalue weighted by atomic mass is 9.87. The summed E-state index contributed by atoms with van der Waals surface area (Å²) in [6.07, 6.45) is 38.2. The van der Waals surface area contributed by atoms with Gasteiger partial charge in [-0.1, -0.05) is 174 Å². The molecule has 1 aromatic carbocycles. The second kappa shape index (κ2) is 22.1. The van der Waals surface area contributed by atoms with Crippen LogP contribution in [0.25, 0.3) is 0 Å². The molecule has 0 heteroatoms. The fraction of sp³-hybridized carbons (Fsp3) is 0.811. The van der Waals surface area contributed by atoms with Crippen LogP contribution in [-0.2, 0) is 0 Å². The molecule has 0 aliphatic heterocycles. The maximum atomic E-state index is 2.64. The van der Waals surface area contributed by atoms with E-state index in [1.165, 1.54) is 161 Å². The monoisotopic (exact) mass is 510 g/mol. The minimum atomic E-state index is 0.797. The second-order valence-corrected chi connectivity index (χ2v) is 12.3. The zero-order valence-electron chi connectivity index (χ0n) is 25.6. The topological polar surface area (TPSA) is 0 Å². The van der Waals surface area contributed by atoms with Crippen LogP contribution in [0.15, 0.2) is 18.2 Å². The molecule has 2 atom stereocenters. The number of unbranched alkanes of at least 4 members (excludes halogenated alkanes) is 20. The van der Waals surface area contributed by atoms with Crippen LogP contribution in [-0.4, -0.2) is 0 Å². The summed E-state index contributed by atoms with van der Waals surface area (Å²) in [5.74, 6) is 1.60. The highest BCUT2D eigenvalue weighted by molar-refractivity contribution is 5.58. The van der Waals surface area contributed by atoms with Gasteiger partial charge in [0.25, 0.3) is 0 Å². The molecule has 2 rings (SSSR count). The largest absolute Gasteiger partial charge is 0.0654 e. The Morgan fingerprint density at radius 1 is 0.568 bits per heavy atom. The predicted octanol–water partition coefficient (Wildman–Crippen LogP) is 13.2. The summed E-state index contributed by atoms with van der Waals surface area (Å²) < 4.78 is 0. The zero-order chi connectivity index (χ0) is 26.4. The molecule has 1 aliphatic rings. The first-order valence-electron chi connectivity index (χ1n) is 17.3. The van der Waals surface area contributed by atoms with Gasteiger partial charge in [-0.3, -0.25) is 0 Å². The highest BCUT2D eigenvalue weighted by Crippen LogP contribution is 2.51. The van der Waals surface area contributed by atoms with Crippen molar-refractivity contribution in [3.63, 3.8) is 0 Å². The molecule has 37 heavy (non-hydrogen) atoms. The van der Waals surface area contributed by atoms with Gasteiger partial charge in [-0.25, -0.2) is 0 Å². The van der Waals surface area contributed by atoms with Gasteiger partial charge in [-0.2, -0.15) is 0 Å². The number of benzene rings is 1. The van der Waals surface area contributed by atoms with Crippen molar-refractivity contribution in [1.29, 1.82) is 0 Å². The summed E-state index contributed by atoms with van der Waals surface area (Å²) in [5, 5.41) is 0. The van der Waals surface area contributed by atoms with Crippen LogP contribution < -0.4 is 0 Å². The van der Waals surface area contributed by atoms with Gasteiger partial charge in [0.1, 0.15) is 0 Å². The first-order chi connectivity index (χ1) is 18.3. The molecule has 1 aromatic rings. The molecule has 0 amide bonds. The fourth-order valence-corrected chi connectivity index (χ4v) is 6.55. The van der Waals surface area contributed by atoms with E-state index in [0.29, 0.717) is 0 Å². The maximum Gasteiger partial charge on any atom is 0.00980 e. The first kappa shape index (κ1) is 32.4. The van der Waals surface area contributed by atoms with E-state index in [1.54, 1.807) is 16.7 Å². The molecule has 0 saturated carbocycles. The van der Waals surface area contributed by atoms with E-state index >= 15 is 0 Å². The number of rotatable bonds is 27. The highest BCUT2D eigenvalue weighted by Gasteiger charge is 2.35. The van der Waals surface area contributed by atoms with Gasteiger partial charge >= 0.3 is 0 Å². The van der Waals surface area contributed by atoms with Gasteiger partial charge in [-0.05, 0) is 54.7 Å². The van der Waals surface area contributed by atoms with Gasteiger partial charge in [0, 0.05) is 5.92 Å². The van der Waals surface area contributed by atoms with Gasteiger partial charge in [0.15, 0.2) is 0 Å². The molecule has 213 valence electrons. The van der Waals surface area contributed by atoms with Crippen LogP contribution in [0.1, 0.15) is 210 Å². The number of hydrogen-bond donors (Lipinski definition) is 0. The minimum absolute atomic E-state index is 0.797. The van der Waals surface area contributed by atoms with E-state index in [2.05, 4.69) is 45.4 Å². The Morgan fingerprint density at radius 2 is 1.11 bits per heavy atom. The third-order valence-electron chi connectivity index (χ3n) is 8.97. The van der Waals surface area contributed by atoms with Crippen molar-refractivity contribution < 1.29 is 0 Å². The molecule has 2 unspecified atom stereocenters. The standard InChI is InChI=1S/C37H65/c1-4-7-9-11-13-14-15-16-17-18-19-20-22-24-26-30-33(29-25-23-21-12-10-8-5-2)34-31-27-32-36-35(28-6-3)37(34)36/h24,27,31-33,35H,4-23,25-26,28-30H2,1-3H3. The van der Waals surface area contributed by atoms with Gasteiger partial charge < -0.3 is 0 Å². The Hall–Kier alpha value is -0.780. The maximum absolute atomic E-state index is 2.64. The lowest BCUT2D eigenvalue weighted by Crippen LogP contribution is -2.01. The summed E-state index contributed by atoms with van der Waals surface area (Å²) >= 11 is 0. The van der Waals surface area contributed by atoms with Crippen LogP contribution in [0.2, 0.25) is 0 Å². The molecule has 0 aromatic heterocycles. The zero-order valence-corrected chi connectivity index (χ0v) is 25.6. The van der Waals surface area contributed by atoms with E-state index in [4.69, 9.17) is 0 Å². The molecule has 0 fully saturated rings. The van der Waals surface area contributed by atoms with Crippen molar-refractivity contribution in [1.82, 2.24) is 0 Å². The van der Waals surface area contributed by atoms with E-state index in [-0.39, 0.29) is 0 Å². The van der Waals surface area contributed by atoms with Crippen LogP contribution in [0.3, 0.4) is 0 Å². The van der Waals surface area contributed by atoms with Crippen molar-refractivity contribution in [2.45, 2.75) is 193 Å². The van der Waals surface area contributed by atoms with Crippen LogP contribution in [0.4, 0.5) is 0 Å². The third-order valence-corrected chi connectivity index (χ3v) is 8.97. The molecule has 0 heterocycles. The van der Waals surface area contributed by atoms with Gasteiger partial charge in [-0.15, -0.1) is 0 Å². The Kier molecular flexibility index (Phi) is 19.4. The van der Waals surface area contributed by atoms with Gasteiger partial charge in [0.2, 0.25) is 0 Å². The van der Waals surface area contributed by atoms with Crippen molar-refractivity contribution >= 4 is 0 Å². The smallest absolute Gasteiger partial charge is 0.00980 e. The van der Waals surface area contributed by atoms with E-state index in [1.807, 2.05) is 0 Å². The Labute approximate surface area is 234 Å². The third kappa shape index (κ3) is 14.3. The average Bonchev–Trinajstić information content (AvgIpc) is 3.62. The van der Waals surface area contributed by atoms with E-state index in [0.717, 1.165) is 11.8 Å². The van der Waals surface area contributed by atoms with E-state index in [9.17, 15) is 0 Å². The Bertz CT molecular complexity index is 643.